The number of aromatic nitrogens is 2. The molecule has 2 rings (SSSR count). The van der Waals surface area contributed by atoms with Crippen molar-refractivity contribution in [3.63, 3.8) is 0 Å². The number of hydrogen-bond donors (Lipinski definition) is 1. The molecule has 2 N–H and O–H groups in total. The van der Waals surface area contributed by atoms with Gasteiger partial charge >= 0.3 is 0 Å². The molecule has 90 valence electrons. The van der Waals surface area contributed by atoms with Gasteiger partial charge in [-0.25, -0.2) is 4.39 Å². The Hall–Kier alpha value is -1.75. The molecule has 4 nitrogen and oxygen atoms in total. The van der Waals surface area contributed by atoms with E-state index in [2.05, 4.69) is 10.2 Å². The highest BCUT2D eigenvalue weighted by atomic mass is 19.1. The second kappa shape index (κ2) is 5.54. The zero-order valence-electron chi connectivity index (χ0n) is 9.40. The van der Waals surface area contributed by atoms with Gasteiger partial charge in [0, 0.05) is 6.42 Å². The summed E-state index contributed by atoms with van der Waals surface area (Å²) in [4.78, 5) is 0. The molecule has 1 aromatic heterocycles. The molecule has 0 fully saturated rings. The Bertz CT molecular complexity index is 484. The fourth-order valence-electron chi connectivity index (χ4n) is 1.54. The van der Waals surface area contributed by atoms with Crippen LogP contribution in [0.5, 0.6) is 0 Å². The fourth-order valence-corrected chi connectivity index (χ4v) is 1.54. The van der Waals surface area contributed by atoms with Crippen molar-refractivity contribution in [1.82, 2.24) is 10.2 Å². The van der Waals surface area contributed by atoms with E-state index >= 15 is 0 Å². The number of halogens is 1. The van der Waals surface area contributed by atoms with Gasteiger partial charge in [-0.2, -0.15) is 0 Å². The van der Waals surface area contributed by atoms with E-state index in [0.717, 1.165) is 12.0 Å². The van der Waals surface area contributed by atoms with E-state index < -0.39 is 0 Å². The largest absolute Gasteiger partial charge is 0.425 e. The molecule has 0 atom stereocenters. The predicted molar refractivity (Wildman–Crippen MR) is 60.9 cm³/mol. The Morgan fingerprint density at radius 1 is 1.24 bits per heavy atom. The van der Waals surface area contributed by atoms with Crippen molar-refractivity contribution in [3.8, 4) is 0 Å². The molecule has 0 spiro atoms. The maximum atomic E-state index is 13.0. The van der Waals surface area contributed by atoms with Crippen molar-refractivity contribution in [3.05, 3.63) is 47.4 Å². The molecule has 0 radical (unpaired) electrons. The summed E-state index contributed by atoms with van der Waals surface area (Å²) >= 11 is 0. The van der Waals surface area contributed by atoms with E-state index in [1.807, 2.05) is 6.07 Å². The molecular formula is C12H14FN3O. The Morgan fingerprint density at radius 3 is 2.82 bits per heavy atom. The standard InChI is InChI=1S/C12H14FN3O/c13-10-4-1-3-9(7-10)8-12-16-15-11(17-12)5-2-6-14/h1,3-4,7H,2,5-6,8,14H2. The van der Waals surface area contributed by atoms with Gasteiger partial charge in [0.05, 0.1) is 6.42 Å². The molecular weight excluding hydrogens is 221 g/mol. The van der Waals surface area contributed by atoms with Crippen LogP contribution in [0, 0.1) is 5.82 Å². The summed E-state index contributed by atoms with van der Waals surface area (Å²) < 4.78 is 18.4. The molecule has 0 aliphatic carbocycles. The molecule has 0 bridgehead atoms. The third-order valence-corrected chi connectivity index (χ3v) is 2.35. The monoisotopic (exact) mass is 235 g/mol. The molecule has 1 heterocycles. The van der Waals surface area contributed by atoms with Gasteiger partial charge in [0.1, 0.15) is 5.82 Å². The lowest BCUT2D eigenvalue weighted by Gasteiger charge is -1.96. The van der Waals surface area contributed by atoms with Crippen LogP contribution in [0.15, 0.2) is 28.7 Å². The van der Waals surface area contributed by atoms with Crippen LogP contribution >= 0.6 is 0 Å². The first-order valence-electron chi connectivity index (χ1n) is 5.53. The highest BCUT2D eigenvalue weighted by Crippen LogP contribution is 2.10. The van der Waals surface area contributed by atoms with E-state index in [4.69, 9.17) is 10.2 Å². The first kappa shape index (κ1) is 11.7. The summed E-state index contributed by atoms with van der Waals surface area (Å²) in [6.07, 6.45) is 1.96. The Morgan fingerprint density at radius 2 is 2.06 bits per heavy atom. The highest BCUT2D eigenvalue weighted by molar-refractivity contribution is 5.19. The van der Waals surface area contributed by atoms with E-state index in [0.29, 0.717) is 31.2 Å². The van der Waals surface area contributed by atoms with E-state index in [1.54, 1.807) is 6.07 Å². The van der Waals surface area contributed by atoms with Gasteiger partial charge in [0.15, 0.2) is 0 Å². The summed E-state index contributed by atoms with van der Waals surface area (Å²) in [5, 5.41) is 7.82. The predicted octanol–water partition coefficient (Wildman–Crippen LogP) is 1.69. The van der Waals surface area contributed by atoms with Crippen molar-refractivity contribution in [2.24, 2.45) is 5.73 Å². The van der Waals surface area contributed by atoms with Crippen LogP contribution in [-0.4, -0.2) is 16.7 Å². The maximum Gasteiger partial charge on any atom is 0.220 e. The molecule has 0 saturated heterocycles. The average molecular weight is 235 g/mol. The molecule has 0 amide bonds. The van der Waals surface area contributed by atoms with Gasteiger partial charge in [-0.05, 0) is 30.7 Å². The molecule has 17 heavy (non-hydrogen) atoms. The second-order valence-electron chi connectivity index (χ2n) is 3.79. The fraction of sp³-hybridized carbons (Fsp3) is 0.333. The molecule has 0 unspecified atom stereocenters. The van der Waals surface area contributed by atoms with Crippen LogP contribution in [0.4, 0.5) is 4.39 Å². The van der Waals surface area contributed by atoms with Crippen molar-refractivity contribution in [2.75, 3.05) is 6.54 Å². The first-order chi connectivity index (χ1) is 8.28. The van der Waals surface area contributed by atoms with Gasteiger partial charge in [-0.1, -0.05) is 12.1 Å². The molecule has 2 aromatic rings. The minimum absolute atomic E-state index is 0.259. The number of aryl methyl sites for hydroxylation is 1. The molecule has 1 aromatic carbocycles. The average Bonchev–Trinajstić information content (AvgIpc) is 2.74. The van der Waals surface area contributed by atoms with Crippen molar-refractivity contribution in [1.29, 1.82) is 0 Å². The summed E-state index contributed by atoms with van der Waals surface area (Å²) in [6, 6.07) is 6.36. The lowest BCUT2D eigenvalue weighted by atomic mass is 10.1. The van der Waals surface area contributed by atoms with E-state index in [9.17, 15) is 4.39 Å². The Balaban J connectivity index is 2.01. The maximum absolute atomic E-state index is 13.0. The second-order valence-corrected chi connectivity index (χ2v) is 3.79. The summed E-state index contributed by atoms with van der Waals surface area (Å²) in [6.45, 7) is 0.599. The van der Waals surface area contributed by atoms with Crippen LogP contribution < -0.4 is 5.73 Å². The lowest BCUT2D eigenvalue weighted by molar-refractivity contribution is 0.453. The number of hydrogen-bond acceptors (Lipinski definition) is 4. The third kappa shape index (κ3) is 3.35. The molecule has 0 aliphatic rings. The SMILES string of the molecule is NCCCc1nnc(Cc2cccc(F)c2)o1. The van der Waals surface area contributed by atoms with Crippen LogP contribution in [0.3, 0.4) is 0 Å². The van der Waals surface area contributed by atoms with Crippen molar-refractivity contribution >= 4 is 0 Å². The Kier molecular flexibility index (Phi) is 3.82. The van der Waals surface area contributed by atoms with Crippen LogP contribution in [0.2, 0.25) is 0 Å². The van der Waals surface area contributed by atoms with Gasteiger partial charge in [0.2, 0.25) is 11.8 Å². The first-order valence-corrected chi connectivity index (χ1v) is 5.53. The van der Waals surface area contributed by atoms with Crippen LogP contribution in [0.1, 0.15) is 23.8 Å². The Labute approximate surface area is 98.7 Å². The quantitative estimate of drug-likeness (QED) is 0.856. The van der Waals surface area contributed by atoms with Crippen LogP contribution in [0.25, 0.3) is 0 Å². The third-order valence-electron chi connectivity index (χ3n) is 2.35. The summed E-state index contributed by atoms with van der Waals surface area (Å²) in [5.74, 6) is 0.829. The normalized spacial score (nSPS) is 10.7. The highest BCUT2D eigenvalue weighted by Gasteiger charge is 2.06. The molecule has 0 aliphatic heterocycles. The summed E-state index contributed by atoms with van der Waals surface area (Å²) in [5.41, 5.74) is 6.21. The van der Waals surface area contributed by atoms with Crippen molar-refractivity contribution < 1.29 is 8.81 Å². The number of benzene rings is 1. The van der Waals surface area contributed by atoms with Gasteiger partial charge in [0.25, 0.3) is 0 Å². The van der Waals surface area contributed by atoms with Crippen molar-refractivity contribution in [2.45, 2.75) is 19.3 Å². The molecule has 0 saturated carbocycles. The minimum Gasteiger partial charge on any atom is -0.425 e. The minimum atomic E-state index is -0.259. The van der Waals surface area contributed by atoms with Crippen LogP contribution in [-0.2, 0) is 12.8 Å². The number of rotatable bonds is 5. The van der Waals surface area contributed by atoms with E-state index in [1.165, 1.54) is 12.1 Å². The van der Waals surface area contributed by atoms with Gasteiger partial charge in [-0.3, -0.25) is 0 Å². The zero-order chi connectivity index (χ0) is 12.1. The van der Waals surface area contributed by atoms with Gasteiger partial charge in [-0.15, -0.1) is 10.2 Å². The topological polar surface area (TPSA) is 64.9 Å². The number of nitrogens with zero attached hydrogens (tertiary/aromatic N) is 2. The smallest absolute Gasteiger partial charge is 0.220 e. The number of nitrogens with two attached hydrogens (primary N) is 1. The zero-order valence-corrected chi connectivity index (χ0v) is 9.40. The molecule has 5 heteroatoms. The summed E-state index contributed by atoms with van der Waals surface area (Å²) in [7, 11) is 0. The lowest BCUT2D eigenvalue weighted by Crippen LogP contribution is -2.00. The van der Waals surface area contributed by atoms with Gasteiger partial charge < -0.3 is 10.2 Å². The van der Waals surface area contributed by atoms with E-state index in [-0.39, 0.29) is 5.82 Å².